The Morgan fingerprint density at radius 3 is 2.67 bits per heavy atom. The quantitative estimate of drug-likeness (QED) is 0.796. The highest BCUT2D eigenvalue weighted by atomic mass is 16.5. The van der Waals surface area contributed by atoms with Gasteiger partial charge in [-0.25, -0.2) is 4.79 Å². The summed E-state index contributed by atoms with van der Waals surface area (Å²) in [7, 11) is 1.35. The number of hydrogen-bond donors (Lipinski definition) is 0. The first-order valence-electron chi connectivity index (χ1n) is 7.37. The number of amides is 1. The van der Waals surface area contributed by atoms with E-state index in [4.69, 9.17) is 4.74 Å². The Morgan fingerprint density at radius 1 is 1.33 bits per heavy atom. The molecule has 1 fully saturated rings. The third-order valence-electron chi connectivity index (χ3n) is 4.18. The molecule has 0 aromatic carbocycles. The second kappa shape index (κ2) is 6.28. The molecule has 21 heavy (non-hydrogen) atoms. The number of carbonyl (C=O) groups is 2. The lowest BCUT2D eigenvalue weighted by Crippen LogP contribution is -2.43. The molecular formula is C15H23N3O3. The molecule has 1 aromatic rings. The zero-order chi connectivity index (χ0) is 15.6. The molecule has 0 radical (unpaired) electrons. The summed E-state index contributed by atoms with van der Waals surface area (Å²) in [6.07, 6.45) is 3.29. The van der Waals surface area contributed by atoms with Crippen LogP contribution in [-0.4, -0.2) is 46.3 Å². The van der Waals surface area contributed by atoms with Crippen LogP contribution in [0.1, 0.15) is 47.9 Å². The molecule has 2 heterocycles. The minimum Gasteiger partial charge on any atom is -0.465 e. The van der Waals surface area contributed by atoms with Crippen molar-refractivity contribution in [3.63, 3.8) is 0 Å². The molecule has 0 bridgehead atoms. The standard InChI is InChI=1S/C15H23N3O3/c1-10-7-5-6-8-17(10)13(19)9-18-12(3)14(11(2)16-18)15(20)21-4/h10H,5-9H2,1-4H3/t10-/m0/s1. The summed E-state index contributed by atoms with van der Waals surface area (Å²) in [5.41, 5.74) is 1.73. The van der Waals surface area contributed by atoms with Gasteiger partial charge in [-0.15, -0.1) is 0 Å². The number of methoxy groups -OCH3 is 1. The third-order valence-corrected chi connectivity index (χ3v) is 4.18. The van der Waals surface area contributed by atoms with Crippen LogP contribution in [0.5, 0.6) is 0 Å². The van der Waals surface area contributed by atoms with Gasteiger partial charge in [-0.05, 0) is 40.0 Å². The molecule has 1 aliphatic heterocycles. The lowest BCUT2D eigenvalue weighted by molar-refractivity contribution is -0.135. The molecule has 6 nitrogen and oxygen atoms in total. The minimum atomic E-state index is -0.407. The SMILES string of the molecule is COC(=O)c1c(C)nn(CC(=O)N2CCCC[C@@H]2C)c1C. The van der Waals surface area contributed by atoms with Gasteiger partial charge in [-0.1, -0.05) is 0 Å². The van der Waals surface area contributed by atoms with Crippen molar-refractivity contribution in [3.8, 4) is 0 Å². The molecule has 116 valence electrons. The number of nitrogens with zero attached hydrogens (tertiary/aromatic N) is 3. The van der Waals surface area contributed by atoms with Crippen LogP contribution in [0, 0.1) is 13.8 Å². The maximum atomic E-state index is 12.4. The number of rotatable bonds is 3. The summed E-state index contributed by atoms with van der Waals surface area (Å²) < 4.78 is 6.36. The van der Waals surface area contributed by atoms with Gasteiger partial charge in [-0.3, -0.25) is 9.48 Å². The van der Waals surface area contributed by atoms with E-state index in [1.165, 1.54) is 13.5 Å². The van der Waals surface area contributed by atoms with Crippen LogP contribution in [0.2, 0.25) is 0 Å². The maximum absolute atomic E-state index is 12.4. The molecule has 0 aliphatic carbocycles. The molecule has 0 unspecified atom stereocenters. The van der Waals surface area contributed by atoms with Crippen molar-refractivity contribution in [2.45, 2.75) is 52.6 Å². The van der Waals surface area contributed by atoms with Crippen molar-refractivity contribution in [2.24, 2.45) is 0 Å². The molecule has 6 heteroatoms. The highest BCUT2D eigenvalue weighted by Gasteiger charge is 2.25. The molecular weight excluding hydrogens is 270 g/mol. The number of aromatic nitrogens is 2. The molecule has 1 aromatic heterocycles. The van der Waals surface area contributed by atoms with Gasteiger partial charge in [0.05, 0.1) is 18.5 Å². The van der Waals surface area contributed by atoms with E-state index in [0.717, 1.165) is 19.4 Å². The Hall–Kier alpha value is -1.85. The lowest BCUT2D eigenvalue weighted by Gasteiger charge is -2.33. The van der Waals surface area contributed by atoms with Gasteiger partial charge in [0.25, 0.3) is 0 Å². The zero-order valence-corrected chi connectivity index (χ0v) is 13.2. The van der Waals surface area contributed by atoms with E-state index >= 15 is 0 Å². The van der Waals surface area contributed by atoms with Crippen molar-refractivity contribution < 1.29 is 14.3 Å². The molecule has 0 spiro atoms. The second-order valence-corrected chi connectivity index (χ2v) is 5.63. The Morgan fingerprint density at radius 2 is 2.05 bits per heavy atom. The van der Waals surface area contributed by atoms with E-state index in [0.29, 0.717) is 17.0 Å². The molecule has 0 N–H and O–H groups in total. The number of piperidine rings is 1. The summed E-state index contributed by atoms with van der Waals surface area (Å²) in [4.78, 5) is 26.1. The van der Waals surface area contributed by atoms with Crippen LogP contribution < -0.4 is 0 Å². The predicted molar refractivity (Wildman–Crippen MR) is 78.1 cm³/mol. The van der Waals surface area contributed by atoms with Gasteiger partial charge < -0.3 is 9.64 Å². The Labute approximate surface area is 125 Å². The summed E-state index contributed by atoms with van der Waals surface area (Å²) in [5, 5.41) is 4.31. The topological polar surface area (TPSA) is 64.4 Å². The highest BCUT2D eigenvalue weighted by molar-refractivity contribution is 5.91. The highest BCUT2D eigenvalue weighted by Crippen LogP contribution is 2.18. The monoisotopic (exact) mass is 293 g/mol. The molecule has 0 saturated carbocycles. The normalized spacial score (nSPS) is 18.7. The first kappa shape index (κ1) is 15.5. The Bertz CT molecular complexity index is 551. The third kappa shape index (κ3) is 3.09. The van der Waals surface area contributed by atoms with E-state index < -0.39 is 5.97 Å². The van der Waals surface area contributed by atoms with E-state index in [2.05, 4.69) is 12.0 Å². The van der Waals surface area contributed by atoms with Crippen LogP contribution >= 0.6 is 0 Å². The largest absolute Gasteiger partial charge is 0.465 e. The summed E-state index contributed by atoms with van der Waals surface area (Å²) in [5.74, 6) is -0.348. The Balaban J connectivity index is 2.16. The van der Waals surface area contributed by atoms with Gasteiger partial charge in [0.2, 0.25) is 5.91 Å². The van der Waals surface area contributed by atoms with Crippen LogP contribution in [0.25, 0.3) is 0 Å². The second-order valence-electron chi connectivity index (χ2n) is 5.63. The fourth-order valence-electron chi connectivity index (χ4n) is 2.94. The summed E-state index contributed by atoms with van der Waals surface area (Å²) in [6.45, 7) is 6.61. The van der Waals surface area contributed by atoms with E-state index in [-0.39, 0.29) is 18.5 Å². The smallest absolute Gasteiger partial charge is 0.341 e. The number of aryl methyl sites for hydroxylation is 1. The predicted octanol–water partition coefficient (Wildman–Crippen LogP) is 1.69. The molecule has 2 rings (SSSR count). The number of esters is 1. The Kier molecular flexibility index (Phi) is 4.65. The maximum Gasteiger partial charge on any atom is 0.341 e. The van der Waals surface area contributed by atoms with E-state index in [1.807, 2.05) is 4.90 Å². The van der Waals surface area contributed by atoms with Gasteiger partial charge in [-0.2, -0.15) is 5.10 Å². The average Bonchev–Trinajstić information content (AvgIpc) is 2.73. The van der Waals surface area contributed by atoms with E-state index in [1.54, 1.807) is 18.5 Å². The van der Waals surface area contributed by atoms with Gasteiger partial charge >= 0.3 is 5.97 Å². The summed E-state index contributed by atoms with van der Waals surface area (Å²) in [6, 6.07) is 0.281. The van der Waals surface area contributed by atoms with Gasteiger partial charge in [0.1, 0.15) is 12.1 Å². The van der Waals surface area contributed by atoms with Crippen LogP contribution in [0.15, 0.2) is 0 Å². The zero-order valence-electron chi connectivity index (χ0n) is 13.2. The molecule has 1 saturated heterocycles. The number of carbonyl (C=O) groups excluding carboxylic acids is 2. The van der Waals surface area contributed by atoms with Crippen LogP contribution in [0.3, 0.4) is 0 Å². The fourth-order valence-corrected chi connectivity index (χ4v) is 2.94. The van der Waals surface area contributed by atoms with Crippen LogP contribution in [0.4, 0.5) is 0 Å². The van der Waals surface area contributed by atoms with Crippen molar-refractivity contribution in [2.75, 3.05) is 13.7 Å². The first-order valence-corrected chi connectivity index (χ1v) is 7.37. The lowest BCUT2D eigenvalue weighted by atomic mass is 10.0. The molecule has 1 atom stereocenters. The molecule has 1 aliphatic rings. The van der Waals surface area contributed by atoms with Crippen LogP contribution in [-0.2, 0) is 16.1 Å². The summed E-state index contributed by atoms with van der Waals surface area (Å²) >= 11 is 0. The molecule has 1 amide bonds. The van der Waals surface area contributed by atoms with Crippen molar-refractivity contribution in [3.05, 3.63) is 17.0 Å². The number of ether oxygens (including phenoxy) is 1. The van der Waals surface area contributed by atoms with Crippen molar-refractivity contribution in [1.82, 2.24) is 14.7 Å². The van der Waals surface area contributed by atoms with Gasteiger partial charge in [0.15, 0.2) is 0 Å². The van der Waals surface area contributed by atoms with Crippen molar-refractivity contribution in [1.29, 1.82) is 0 Å². The minimum absolute atomic E-state index is 0.0595. The van der Waals surface area contributed by atoms with Crippen molar-refractivity contribution >= 4 is 11.9 Å². The average molecular weight is 293 g/mol. The fraction of sp³-hybridized carbons (Fsp3) is 0.667. The number of likely N-dealkylation sites (tertiary alicyclic amines) is 1. The number of hydrogen-bond acceptors (Lipinski definition) is 4. The van der Waals surface area contributed by atoms with E-state index in [9.17, 15) is 9.59 Å². The van der Waals surface area contributed by atoms with Gasteiger partial charge in [0, 0.05) is 12.6 Å². The first-order chi connectivity index (χ1) is 9.95.